The maximum atomic E-state index is 10.2. The molecule has 0 aliphatic heterocycles. The molecule has 0 heterocycles. The van der Waals surface area contributed by atoms with E-state index in [9.17, 15) is 9.90 Å². The number of phenols is 1. The van der Waals surface area contributed by atoms with Crippen molar-refractivity contribution in [1.82, 2.24) is 0 Å². The number of phenolic OH excluding ortho intramolecular Hbond substituents is 1. The van der Waals surface area contributed by atoms with Gasteiger partial charge in [-0.15, -0.1) is 0 Å². The predicted molar refractivity (Wildman–Crippen MR) is 50.9 cm³/mol. The van der Waals surface area contributed by atoms with Crippen molar-refractivity contribution in [2.24, 2.45) is 0 Å². The highest BCUT2D eigenvalue weighted by molar-refractivity contribution is 5.80. The lowest BCUT2D eigenvalue weighted by atomic mass is 10.2. The number of hydrogen-bond donors (Lipinski definition) is 2. The van der Waals surface area contributed by atoms with E-state index in [1.165, 1.54) is 20.3 Å². The van der Waals surface area contributed by atoms with Gasteiger partial charge in [-0.3, -0.25) is 4.79 Å². The third kappa shape index (κ3) is 1.87. The average molecular weight is 197 g/mol. The molecule has 0 spiro atoms. The van der Waals surface area contributed by atoms with Crippen molar-refractivity contribution in [2.75, 3.05) is 19.5 Å². The zero-order chi connectivity index (χ0) is 10.6. The lowest BCUT2D eigenvalue weighted by Gasteiger charge is -2.10. The van der Waals surface area contributed by atoms with Crippen LogP contribution in [0.2, 0.25) is 0 Å². The van der Waals surface area contributed by atoms with Crippen molar-refractivity contribution in [1.29, 1.82) is 0 Å². The van der Waals surface area contributed by atoms with E-state index in [1.54, 1.807) is 6.07 Å². The van der Waals surface area contributed by atoms with Gasteiger partial charge in [-0.25, -0.2) is 0 Å². The molecular formula is C9H11NO4. The molecule has 0 aromatic heterocycles. The maximum Gasteiger partial charge on any atom is 0.211 e. The number of amides is 1. The first-order valence-electron chi connectivity index (χ1n) is 3.88. The monoisotopic (exact) mass is 197 g/mol. The van der Waals surface area contributed by atoms with Crippen molar-refractivity contribution in [3.8, 4) is 17.2 Å². The Morgan fingerprint density at radius 1 is 1.36 bits per heavy atom. The summed E-state index contributed by atoms with van der Waals surface area (Å²) < 4.78 is 9.87. The Morgan fingerprint density at radius 2 is 2.07 bits per heavy atom. The molecule has 5 heteroatoms. The summed E-state index contributed by atoms with van der Waals surface area (Å²) in [6.07, 6.45) is 0.462. The van der Waals surface area contributed by atoms with E-state index in [4.69, 9.17) is 9.47 Å². The molecule has 1 aromatic carbocycles. The Labute approximate surface area is 81.3 Å². The molecule has 0 radical (unpaired) electrons. The van der Waals surface area contributed by atoms with Gasteiger partial charge >= 0.3 is 0 Å². The number of rotatable bonds is 4. The topological polar surface area (TPSA) is 67.8 Å². The van der Waals surface area contributed by atoms with Crippen molar-refractivity contribution in [3.63, 3.8) is 0 Å². The second-order valence-corrected chi connectivity index (χ2v) is 2.49. The molecule has 0 fully saturated rings. The second kappa shape index (κ2) is 4.36. The fourth-order valence-corrected chi connectivity index (χ4v) is 1.06. The summed E-state index contributed by atoms with van der Waals surface area (Å²) in [5.41, 5.74) is 0.225. The Hall–Kier alpha value is -1.91. The number of carbonyl (C=O) groups is 1. The summed E-state index contributed by atoms with van der Waals surface area (Å²) in [6.45, 7) is 0. The summed E-state index contributed by atoms with van der Waals surface area (Å²) in [4.78, 5) is 10.2. The van der Waals surface area contributed by atoms with Crippen LogP contribution in [0.1, 0.15) is 0 Å². The molecule has 0 atom stereocenters. The molecule has 2 N–H and O–H groups in total. The van der Waals surface area contributed by atoms with Crippen LogP contribution >= 0.6 is 0 Å². The molecule has 1 amide bonds. The third-order valence-corrected chi connectivity index (χ3v) is 1.71. The number of nitrogens with one attached hydrogen (secondary N) is 1. The number of carbonyl (C=O) groups excluding carboxylic acids is 1. The molecule has 76 valence electrons. The summed E-state index contributed by atoms with van der Waals surface area (Å²) in [5.74, 6) is 0.693. The SMILES string of the molecule is COc1cc(O)c(NC=O)c(OC)c1. The number of anilines is 1. The van der Waals surface area contributed by atoms with Gasteiger partial charge in [0, 0.05) is 12.1 Å². The maximum absolute atomic E-state index is 10.2. The van der Waals surface area contributed by atoms with Crippen molar-refractivity contribution < 1.29 is 19.4 Å². The predicted octanol–water partition coefficient (Wildman–Crippen LogP) is 0.978. The van der Waals surface area contributed by atoms with E-state index in [0.29, 0.717) is 17.9 Å². The first-order valence-corrected chi connectivity index (χ1v) is 3.88. The van der Waals surface area contributed by atoms with E-state index in [-0.39, 0.29) is 11.4 Å². The molecular weight excluding hydrogens is 186 g/mol. The first kappa shape index (κ1) is 10.2. The van der Waals surface area contributed by atoms with Gasteiger partial charge in [0.1, 0.15) is 22.9 Å². The molecule has 0 aliphatic carbocycles. The molecule has 14 heavy (non-hydrogen) atoms. The van der Waals surface area contributed by atoms with Crippen LogP contribution in [0.25, 0.3) is 0 Å². The van der Waals surface area contributed by atoms with E-state index in [1.807, 2.05) is 0 Å². The number of hydrogen-bond acceptors (Lipinski definition) is 4. The molecule has 0 unspecified atom stereocenters. The lowest BCUT2D eigenvalue weighted by Crippen LogP contribution is -1.98. The summed E-state index contributed by atoms with van der Waals surface area (Å²) >= 11 is 0. The van der Waals surface area contributed by atoms with Crippen molar-refractivity contribution in [3.05, 3.63) is 12.1 Å². The van der Waals surface area contributed by atoms with Crippen molar-refractivity contribution >= 4 is 12.1 Å². The molecule has 0 aliphatic rings. The van der Waals surface area contributed by atoms with Gasteiger partial charge in [-0.1, -0.05) is 0 Å². The van der Waals surface area contributed by atoms with Crippen LogP contribution < -0.4 is 14.8 Å². The Morgan fingerprint density at radius 3 is 2.57 bits per heavy atom. The Kier molecular flexibility index (Phi) is 3.17. The number of benzene rings is 1. The zero-order valence-corrected chi connectivity index (χ0v) is 7.90. The largest absolute Gasteiger partial charge is 0.505 e. The minimum absolute atomic E-state index is 0.103. The van der Waals surface area contributed by atoms with E-state index < -0.39 is 0 Å². The van der Waals surface area contributed by atoms with Crippen LogP contribution in [0.3, 0.4) is 0 Å². The standard InChI is InChI=1S/C9H11NO4/c1-13-6-3-7(12)9(10-5-11)8(4-6)14-2/h3-5,12H,1-2H3,(H,10,11). The second-order valence-electron chi connectivity index (χ2n) is 2.49. The quantitative estimate of drug-likeness (QED) is 0.557. The number of ether oxygens (including phenoxy) is 2. The first-order chi connectivity index (χ1) is 6.72. The summed E-state index contributed by atoms with van der Waals surface area (Å²) in [7, 11) is 2.91. The molecule has 0 saturated heterocycles. The van der Waals surface area contributed by atoms with Crippen LogP contribution in [-0.4, -0.2) is 25.7 Å². The highest BCUT2D eigenvalue weighted by Crippen LogP contribution is 2.37. The van der Waals surface area contributed by atoms with Gasteiger partial charge in [0.25, 0.3) is 0 Å². The van der Waals surface area contributed by atoms with Gasteiger partial charge in [0.2, 0.25) is 6.41 Å². The number of methoxy groups -OCH3 is 2. The van der Waals surface area contributed by atoms with Crippen LogP contribution in [0.5, 0.6) is 17.2 Å². The Bertz CT molecular complexity index is 338. The van der Waals surface area contributed by atoms with Crippen molar-refractivity contribution in [2.45, 2.75) is 0 Å². The normalized spacial score (nSPS) is 9.29. The summed E-state index contributed by atoms with van der Waals surface area (Å²) in [5, 5.41) is 11.8. The van der Waals surface area contributed by atoms with Gasteiger partial charge < -0.3 is 19.9 Å². The van der Waals surface area contributed by atoms with Crippen LogP contribution in [0.15, 0.2) is 12.1 Å². The van der Waals surface area contributed by atoms with Gasteiger partial charge in [-0.2, -0.15) is 0 Å². The van der Waals surface area contributed by atoms with Gasteiger partial charge in [-0.05, 0) is 0 Å². The molecule has 0 saturated carbocycles. The fourth-order valence-electron chi connectivity index (χ4n) is 1.06. The fraction of sp³-hybridized carbons (Fsp3) is 0.222. The van der Waals surface area contributed by atoms with Crippen LogP contribution in [0.4, 0.5) is 5.69 Å². The minimum atomic E-state index is -0.103. The highest BCUT2D eigenvalue weighted by Gasteiger charge is 2.10. The zero-order valence-electron chi connectivity index (χ0n) is 7.90. The molecule has 1 rings (SSSR count). The van der Waals surface area contributed by atoms with E-state index in [0.717, 1.165) is 0 Å². The highest BCUT2D eigenvalue weighted by atomic mass is 16.5. The van der Waals surface area contributed by atoms with E-state index >= 15 is 0 Å². The molecule has 1 aromatic rings. The van der Waals surface area contributed by atoms with Gasteiger partial charge in [0.05, 0.1) is 14.2 Å². The third-order valence-electron chi connectivity index (χ3n) is 1.71. The summed E-state index contributed by atoms with van der Waals surface area (Å²) in [6, 6.07) is 2.94. The molecule has 5 nitrogen and oxygen atoms in total. The van der Waals surface area contributed by atoms with Gasteiger partial charge in [0.15, 0.2) is 0 Å². The Balaban J connectivity index is 3.19. The average Bonchev–Trinajstić information content (AvgIpc) is 2.20. The number of aromatic hydroxyl groups is 1. The van der Waals surface area contributed by atoms with Crippen LogP contribution in [0, 0.1) is 0 Å². The lowest BCUT2D eigenvalue weighted by molar-refractivity contribution is -0.105. The smallest absolute Gasteiger partial charge is 0.211 e. The minimum Gasteiger partial charge on any atom is -0.505 e. The van der Waals surface area contributed by atoms with E-state index in [2.05, 4.69) is 5.32 Å². The van der Waals surface area contributed by atoms with Crippen LogP contribution in [-0.2, 0) is 4.79 Å². The molecule has 0 bridgehead atoms.